The van der Waals surface area contributed by atoms with Gasteiger partial charge in [-0.15, -0.1) is 0 Å². The molecule has 0 aliphatic rings. The van der Waals surface area contributed by atoms with Gasteiger partial charge >= 0.3 is 6.18 Å². The van der Waals surface area contributed by atoms with E-state index in [1.54, 1.807) is 12.1 Å². The highest BCUT2D eigenvalue weighted by Gasteiger charge is 2.29. The number of halogens is 4. The number of alkyl halides is 3. The maximum absolute atomic E-state index is 12.7. The number of hydrogen-bond acceptors (Lipinski definition) is 4. The quantitative estimate of drug-likeness (QED) is 0.257. The van der Waals surface area contributed by atoms with Crippen LogP contribution >= 0.6 is 23.4 Å². The fraction of sp³-hybridized carbons (Fsp3) is 0.0909. The molecule has 0 bridgehead atoms. The molecule has 1 aromatic heterocycles. The van der Waals surface area contributed by atoms with Crippen LogP contribution in [0, 0.1) is 0 Å². The largest absolute Gasteiger partial charge is 0.416 e. The van der Waals surface area contributed by atoms with Crippen LogP contribution < -0.4 is 5.32 Å². The Balaban J connectivity index is 1.58. The zero-order valence-electron chi connectivity index (χ0n) is 15.4. The van der Waals surface area contributed by atoms with Crippen molar-refractivity contribution < 1.29 is 13.2 Å². The zero-order valence-corrected chi connectivity index (χ0v) is 17.0. The molecule has 152 valence electrons. The van der Waals surface area contributed by atoms with E-state index in [1.807, 2.05) is 36.4 Å². The normalized spacial score (nSPS) is 11.6. The molecule has 3 nitrogen and oxygen atoms in total. The standard InChI is InChI=1S/C22H15ClF3N3S/c23-16-4-3-5-17(12-16)27-20-18-6-1-2-7-19(18)28-21(29-20)30-13-14-8-10-15(11-9-14)22(24,25)26/h1-12H,13H2,(H,27,28,29). The first-order chi connectivity index (χ1) is 14.4. The summed E-state index contributed by atoms with van der Waals surface area (Å²) in [6.45, 7) is 0. The van der Waals surface area contributed by atoms with Gasteiger partial charge in [0.1, 0.15) is 5.82 Å². The average molecular weight is 446 g/mol. The molecule has 1 N–H and O–H groups in total. The van der Waals surface area contributed by atoms with Gasteiger partial charge in [-0.2, -0.15) is 13.2 Å². The van der Waals surface area contributed by atoms with Crippen LogP contribution in [-0.2, 0) is 11.9 Å². The molecule has 0 saturated heterocycles. The Labute approximate surface area is 180 Å². The Morgan fingerprint density at radius 3 is 2.40 bits per heavy atom. The van der Waals surface area contributed by atoms with Gasteiger partial charge in [0.05, 0.1) is 11.1 Å². The second-order valence-electron chi connectivity index (χ2n) is 6.49. The number of thioether (sulfide) groups is 1. The maximum atomic E-state index is 12.7. The SMILES string of the molecule is FC(F)(F)c1ccc(CSc2nc(Nc3cccc(Cl)c3)c3ccccc3n2)cc1. The van der Waals surface area contributed by atoms with Gasteiger partial charge in [-0.1, -0.05) is 53.7 Å². The van der Waals surface area contributed by atoms with Crippen molar-refractivity contribution in [3.8, 4) is 0 Å². The van der Waals surface area contributed by atoms with E-state index in [4.69, 9.17) is 11.6 Å². The molecular weight excluding hydrogens is 431 g/mol. The van der Waals surface area contributed by atoms with Gasteiger partial charge in [0.2, 0.25) is 0 Å². The molecule has 0 atom stereocenters. The summed E-state index contributed by atoms with van der Waals surface area (Å²) < 4.78 is 38.2. The summed E-state index contributed by atoms with van der Waals surface area (Å²) in [5.41, 5.74) is 1.66. The van der Waals surface area contributed by atoms with Gasteiger partial charge in [-0.05, 0) is 48.0 Å². The highest BCUT2D eigenvalue weighted by molar-refractivity contribution is 7.98. The number of fused-ring (bicyclic) bond motifs is 1. The molecule has 0 radical (unpaired) electrons. The number of anilines is 2. The van der Waals surface area contributed by atoms with Gasteiger partial charge in [-0.3, -0.25) is 0 Å². The number of benzene rings is 3. The minimum Gasteiger partial charge on any atom is -0.340 e. The average Bonchev–Trinajstić information content (AvgIpc) is 2.72. The van der Waals surface area contributed by atoms with Gasteiger partial charge in [0.25, 0.3) is 0 Å². The Kier molecular flexibility index (Phi) is 5.83. The molecule has 0 amide bonds. The fourth-order valence-electron chi connectivity index (χ4n) is 2.86. The van der Waals surface area contributed by atoms with Gasteiger partial charge in [0, 0.05) is 21.8 Å². The van der Waals surface area contributed by atoms with Crippen LogP contribution in [-0.4, -0.2) is 9.97 Å². The van der Waals surface area contributed by atoms with Crippen molar-refractivity contribution in [2.45, 2.75) is 17.1 Å². The third-order valence-electron chi connectivity index (χ3n) is 4.32. The highest BCUT2D eigenvalue weighted by Crippen LogP contribution is 2.31. The van der Waals surface area contributed by atoms with Crippen molar-refractivity contribution >= 4 is 45.8 Å². The molecule has 0 fully saturated rings. The van der Waals surface area contributed by atoms with Crippen LogP contribution in [0.5, 0.6) is 0 Å². The van der Waals surface area contributed by atoms with E-state index >= 15 is 0 Å². The summed E-state index contributed by atoms with van der Waals surface area (Å²) in [5.74, 6) is 1.09. The third-order valence-corrected chi connectivity index (χ3v) is 5.47. The zero-order chi connectivity index (χ0) is 21.1. The fourth-order valence-corrected chi connectivity index (χ4v) is 3.85. The van der Waals surface area contributed by atoms with Crippen molar-refractivity contribution in [2.24, 2.45) is 0 Å². The van der Waals surface area contributed by atoms with Crippen molar-refractivity contribution in [1.29, 1.82) is 0 Å². The first kappa shape index (κ1) is 20.5. The Morgan fingerprint density at radius 1 is 0.900 bits per heavy atom. The smallest absolute Gasteiger partial charge is 0.340 e. The molecule has 1 heterocycles. The molecule has 0 unspecified atom stereocenters. The second kappa shape index (κ2) is 8.53. The van der Waals surface area contributed by atoms with E-state index in [9.17, 15) is 13.2 Å². The number of para-hydroxylation sites is 1. The summed E-state index contributed by atoms with van der Waals surface area (Å²) in [7, 11) is 0. The lowest BCUT2D eigenvalue weighted by Crippen LogP contribution is -2.04. The number of hydrogen-bond donors (Lipinski definition) is 1. The van der Waals surface area contributed by atoms with Gasteiger partial charge in [-0.25, -0.2) is 9.97 Å². The molecule has 0 spiro atoms. The van der Waals surface area contributed by atoms with Crippen LogP contribution in [0.15, 0.2) is 78.0 Å². The first-order valence-electron chi connectivity index (χ1n) is 8.97. The minimum atomic E-state index is -4.34. The topological polar surface area (TPSA) is 37.8 Å². The molecule has 4 aromatic rings. The Bertz CT molecular complexity index is 1180. The summed E-state index contributed by atoms with van der Waals surface area (Å²) >= 11 is 7.43. The Morgan fingerprint density at radius 2 is 1.67 bits per heavy atom. The molecule has 0 saturated carbocycles. The van der Waals surface area contributed by atoms with E-state index in [0.29, 0.717) is 21.7 Å². The van der Waals surface area contributed by atoms with Crippen molar-refractivity contribution in [1.82, 2.24) is 9.97 Å². The molecule has 0 aliphatic heterocycles. The minimum absolute atomic E-state index is 0.451. The van der Waals surface area contributed by atoms with E-state index in [0.717, 1.165) is 34.3 Å². The van der Waals surface area contributed by atoms with E-state index in [1.165, 1.54) is 23.9 Å². The predicted octanol–water partition coefficient (Wildman–Crippen LogP) is 7.34. The monoisotopic (exact) mass is 445 g/mol. The highest BCUT2D eigenvalue weighted by atomic mass is 35.5. The number of nitrogens with one attached hydrogen (secondary N) is 1. The van der Waals surface area contributed by atoms with Crippen LogP contribution in [0.25, 0.3) is 10.9 Å². The van der Waals surface area contributed by atoms with Crippen LogP contribution in [0.3, 0.4) is 0 Å². The van der Waals surface area contributed by atoms with Crippen molar-refractivity contribution in [2.75, 3.05) is 5.32 Å². The van der Waals surface area contributed by atoms with E-state index in [2.05, 4.69) is 15.3 Å². The van der Waals surface area contributed by atoms with Gasteiger partial charge in [0.15, 0.2) is 5.16 Å². The Hall–Kier alpha value is -2.77. The van der Waals surface area contributed by atoms with E-state index in [-0.39, 0.29) is 0 Å². The van der Waals surface area contributed by atoms with Crippen molar-refractivity contribution in [3.63, 3.8) is 0 Å². The lowest BCUT2D eigenvalue weighted by Gasteiger charge is -2.11. The summed E-state index contributed by atoms with van der Waals surface area (Å²) in [5, 5.41) is 5.27. The summed E-state index contributed by atoms with van der Waals surface area (Å²) in [6, 6.07) is 20.0. The molecule has 8 heteroatoms. The predicted molar refractivity (Wildman–Crippen MR) is 115 cm³/mol. The number of aromatic nitrogens is 2. The van der Waals surface area contributed by atoms with Gasteiger partial charge < -0.3 is 5.32 Å². The van der Waals surface area contributed by atoms with Crippen LogP contribution in [0.4, 0.5) is 24.7 Å². The molecule has 3 aromatic carbocycles. The van der Waals surface area contributed by atoms with Crippen molar-refractivity contribution in [3.05, 3.63) is 88.9 Å². The number of nitrogens with zero attached hydrogens (tertiary/aromatic N) is 2. The lowest BCUT2D eigenvalue weighted by molar-refractivity contribution is -0.137. The lowest BCUT2D eigenvalue weighted by atomic mass is 10.1. The maximum Gasteiger partial charge on any atom is 0.416 e. The molecule has 4 rings (SSSR count). The molecular formula is C22H15ClF3N3S. The van der Waals surface area contributed by atoms with Crippen LogP contribution in [0.2, 0.25) is 5.02 Å². The second-order valence-corrected chi connectivity index (χ2v) is 7.87. The third kappa shape index (κ3) is 4.86. The molecule has 30 heavy (non-hydrogen) atoms. The van der Waals surface area contributed by atoms with E-state index < -0.39 is 11.7 Å². The number of rotatable bonds is 5. The summed E-state index contributed by atoms with van der Waals surface area (Å²) in [6.07, 6.45) is -4.34. The molecule has 0 aliphatic carbocycles. The van der Waals surface area contributed by atoms with Crippen LogP contribution in [0.1, 0.15) is 11.1 Å². The first-order valence-corrected chi connectivity index (χ1v) is 10.3. The summed E-state index contributed by atoms with van der Waals surface area (Å²) in [4.78, 5) is 9.19.